The van der Waals surface area contributed by atoms with Gasteiger partial charge in [0.15, 0.2) is 5.69 Å². The number of piperazine rings is 1. The molecule has 3 aromatic rings. The van der Waals surface area contributed by atoms with Gasteiger partial charge in [0.25, 0.3) is 5.91 Å². The van der Waals surface area contributed by atoms with E-state index in [-0.39, 0.29) is 5.69 Å². The van der Waals surface area contributed by atoms with E-state index < -0.39 is 11.3 Å². The largest absolute Gasteiger partial charge is 0.369 e. The predicted molar refractivity (Wildman–Crippen MR) is 133 cm³/mol. The van der Waals surface area contributed by atoms with Crippen LogP contribution in [0.4, 0.5) is 11.4 Å². The van der Waals surface area contributed by atoms with Gasteiger partial charge in [0.2, 0.25) is 5.43 Å². The number of halogens is 1. The van der Waals surface area contributed by atoms with Crippen LogP contribution in [0.5, 0.6) is 0 Å². The molecule has 4 rings (SSSR count). The monoisotopic (exact) mass is 465 g/mol. The van der Waals surface area contributed by atoms with E-state index >= 15 is 0 Å². The van der Waals surface area contributed by atoms with Crippen molar-refractivity contribution in [3.8, 4) is 5.69 Å². The minimum absolute atomic E-state index is 0.181. The van der Waals surface area contributed by atoms with Gasteiger partial charge >= 0.3 is 0 Å². The molecule has 2 heterocycles. The van der Waals surface area contributed by atoms with E-state index in [2.05, 4.69) is 33.2 Å². The van der Waals surface area contributed by atoms with Gasteiger partial charge in [0, 0.05) is 49.3 Å². The molecule has 0 atom stereocenters. The summed E-state index contributed by atoms with van der Waals surface area (Å²) >= 11 is 6.30. The van der Waals surface area contributed by atoms with Gasteiger partial charge in [-0.3, -0.25) is 9.59 Å². The molecule has 1 fully saturated rings. The summed E-state index contributed by atoms with van der Waals surface area (Å²) in [6.45, 7) is 11.0. The Bertz CT molecular complexity index is 1230. The van der Waals surface area contributed by atoms with Crippen LogP contribution in [-0.2, 0) is 0 Å². The first-order valence-corrected chi connectivity index (χ1v) is 11.5. The third-order valence-electron chi connectivity index (χ3n) is 6.05. The number of hydrogen-bond acceptors (Lipinski definition) is 5. The number of para-hydroxylation sites is 1. The topological polar surface area (TPSA) is 70.5 Å². The Morgan fingerprint density at radius 2 is 1.79 bits per heavy atom. The highest BCUT2D eigenvalue weighted by atomic mass is 35.5. The highest BCUT2D eigenvalue weighted by molar-refractivity contribution is 6.32. The van der Waals surface area contributed by atoms with Crippen molar-refractivity contribution in [2.45, 2.75) is 20.8 Å². The van der Waals surface area contributed by atoms with Crippen LogP contribution in [-0.4, -0.2) is 53.3 Å². The van der Waals surface area contributed by atoms with Crippen LogP contribution < -0.4 is 15.6 Å². The lowest BCUT2D eigenvalue weighted by atomic mass is 10.1. The third kappa shape index (κ3) is 4.94. The molecular formula is C25H28ClN5O2. The summed E-state index contributed by atoms with van der Waals surface area (Å²) < 4.78 is 1.52. The Kier molecular flexibility index (Phi) is 6.81. The lowest BCUT2D eigenvalue weighted by Crippen LogP contribution is -2.46. The second-order valence-electron chi connectivity index (χ2n) is 8.24. The first kappa shape index (κ1) is 23.0. The van der Waals surface area contributed by atoms with Gasteiger partial charge in [0.05, 0.1) is 10.7 Å². The number of rotatable bonds is 5. The van der Waals surface area contributed by atoms with Gasteiger partial charge in [-0.2, -0.15) is 5.10 Å². The minimum atomic E-state index is -0.548. The lowest BCUT2D eigenvalue weighted by molar-refractivity contribution is 0.101. The molecule has 0 unspecified atom stereocenters. The quantitative estimate of drug-likeness (QED) is 0.619. The second kappa shape index (κ2) is 9.77. The number of nitrogens with zero attached hydrogens (tertiary/aromatic N) is 4. The van der Waals surface area contributed by atoms with Crippen LogP contribution in [0.1, 0.15) is 28.7 Å². The Labute approximate surface area is 198 Å². The average molecular weight is 466 g/mol. The van der Waals surface area contributed by atoms with Crippen molar-refractivity contribution in [3.63, 3.8) is 0 Å². The molecule has 1 N–H and O–H groups in total. The van der Waals surface area contributed by atoms with E-state index in [0.717, 1.165) is 44.0 Å². The molecule has 1 saturated heterocycles. The van der Waals surface area contributed by atoms with Crippen LogP contribution in [0.2, 0.25) is 5.02 Å². The lowest BCUT2D eigenvalue weighted by Gasteiger charge is -2.35. The number of likely N-dealkylation sites (N-methyl/N-ethyl adjacent to an activating group) is 1. The number of anilines is 2. The molecule has 0 aliphatic carbocycles. The molecule has 7 nitrogen and oxygen atoms in total. The van der Waals surface area contributed by atoms with Crippen LogP contribution >= 0.6 is 11.6 Å². The highest BCUT2D eigenvalue weighted by Crippen LogP contribution is 2.24. The summed E-state index contributed by atoms with van der Waals surface area (Å²) in [5.41, 5.74) is 3.30. The van der Waals surface area contributed by atoms with Gasteiger partial charge in [-0.05, 0) is 56.3 Å². The molecule has 1 aliphatic rings. The summed E-state index contributed by atoms with van der Waals surface area (Å²) in [4.78, 5) is 30.3. The van der Waals surface area contributed by atoms with Crippen molar-refractivity contribution in [3.05, 3.63) is 80.7 Å². The molecule has 172 valence electrons. The van der Waals surface area contributed by atoms with Crippen molar-refractivity contribution < 1.29 is 4.79 Å². The Balaban J connectivity index is 1.56. The van der Waals surface area contributed by atoms with Crippen LogP contribution in [0, 0.1) is 13.8 Å². The van der Waals surface area contributed by atoms with Gasteiger partial charge in [0.1, 0.15) is 0 Å². The van der Waals surface area contributed by atoms with Crippen LogP contribution in [0.15, 0.2) is 53.3 Å². The van der Waals surface area contributed by atoms with Crippen molar-refractivity contribution in [1.29, 1.82) is 0 Å². The summed E-state index contributed by atoms with van der Waals surface area (Å²) in [5.74, 6) is -0.548. The molecule has 0 radical (unpaired) electrons. The molecule has 33 heavy (non-hydrogen) atoms. The predicted octanol–water partition coefficient (Wildman–Crippen LogP) is 3.90. The molecule has 0 bridgehead atoms. The van der Waals surface area contributed by atoms with E-state index in [9.17, 15) is 9.59 Å². The third-order valence-corrected chi connectivity index (χ3v) is 6.37. The van der Waals surface area contributed by atoms with Crippen molar-refractivity contribution in [2.24, 2.45) is 0 Å². The van der Waals surface area contributed by atoms with E-state index in [1.54, 1.807) is 19.1 Å². The Morgan fingerprint density at radius 3 is 2.45 bits per heavy atom. The van der Waals surface area contributed by atoms with Gasteiger partial charge in [-0.25, -0.2) is 4.68 Å². The molecule has 1 aliphatic heterocycles. The molecule has 2 aromatic carbocycles. The molecular weight excluding hydrogens is 438 g/mol. The number of benzene rings is 2. The summed E-state index contributed by atoms with van der Waals surface area (Å²) in [7, 11) is 0. The van der Waals surface area contributed by atoms with Crippen molar-refractivity contribution in [2.75, 3.05) is 42.9 Å². The molecule has 0 saturated carbocycles. The van der Waals surface area contributed by atoms with Gasteiger partial charge in [-0.1, -0.05) is 30.7 Å². The summed E-state index contributed by atoms with van der Waals surface area (Å²) in [6, 6.07) is 14.5. The van der Waals surface area contributed by atoms with E-state index in [1.165, 1.54) is 10.7 Å². The fourth-order valence-electron chi connectivity index (χ4n) is 4.06. The average Bonchev–Trinajstić information content (AvgIpc) is 2.81. The molecule has 1 amide bonds. The number of carbonyl (C=O) groups excluding carboxylic acids is 1. The standard InChI is InChI=1S/C25H28ClN5O2/c1-4-29-11-13-30(14-12-29)19-9-10-21(17(2)15-19)27-25(33)24-23(32)16-18(3)31(28-24)22-8-6-5-7-20(22)26/h5-10,15-16H,4,11-14H2,1-3H3,(H,27,33). The SMILES string of the molecule is CCN1CCN(c2ccc(NC(=O)c3nn(-c4ccccc4Cl)c(C)cc3=O)c(C)c2)CC1. The summed E-state index contributed by atoms with van der Waals surface area (Å²) in [6.07, 6.45) is 0. The first-order valence-electron chi connectivity index (χ1n) is 11.1. The van der Waals surface area contributed by atoms with E-state index in [0.29, 0.717) is 22.1 Å². The number of amides is 1. The number of carbonyl (C=O) groups is 1. The maximum absolute atomic E-state index is 13.0. The second-order valence-corrected chi connectivity index (χ2v) is 8.64. The number of aromatic nitrogens is 2. The fourth-order valence-corrected chi connectivity index (χ4v) is 4.28. The van der Waals surface area contributed by atoms with Crippen molar-refractivity contribution in [1.82, 2.24) is 14.7 Å². The maximum atomic E-state index is 13.0. The zero-order chi connectivity index (χ0) is 23.5. The highest BCUT2D eigenvalue weighted by Gasteiger charge is 2.19. The zero-order valence-corrected chi connectivity index (χ0v) is 19.9. The van der Waals surface area contributed by atoms with Gasteiger partial charge in [-0.15, -0.1) is 0 Å². The maximum Gasteiger partial charge on any atom is 0.280 e. The van der Waals surface area contributed by atoms with Gasteiger partial charge < -0.3 is 15.1 Å². The molecule has 1 aromatic heterocycles. The number of aryl methyl sites for hydroxylation is 2. The Hall–Kier alpha value is -3.16. The van der Waals surface area contributed by atoms with Crippen molar-refractivity contribution >= 4 is 28.9 Å². The van der Waals surface area contributed by atoms with Crippen LogP contribution in [0.3, 0.4) is 0 Å². The normalized spacial score (nSPS) is 14.4. The summed E-state index contributed by atoms with van der Waals surface area (Å²) in [5, 5.41) is 7.66. The van der Waals surface area contributed by atoms with Crippen LogP contribution in [0.25, 0.3) is 5.69 Å². The van der Waals surface area contributed by atoms with E-state index in [4.69, 9.17) is 11.6 Å². The number of hydrogen-bond donors (Lipinski definition) is 1. The Morgan fingerprint density at radius 1 is 1.06 bits per heavy atom. The fraction of sp³-hybridized carbons (Fsp3) is 0.320. The minimum Gasteiger partial charge on any atom is -0.369 e. The molecule has 8 heteroatoms. The number of nitrogens with one attached hydrogen (secondary N) is 1. The van der Waals surface area contributed by atoms with E-state index in [1.807, 2.05) is 31.2 Å². The molecule has 0 spiro atoms. The first-order chi connectivity index (χ1) is 15.9. The zero-order valence-electron chi connectivity index (χ0n) is 19.1. The smallest absolute Gasteiger partial charge is 0.280 e.